The Labute approximate surface area is 118 Å². The summed E-state index contributed by atoms with van der Waals surface area (Å²) in [5.74, 6) is 0. The van der Waals surface area contributed by atoms with Gasteiger partial charge in [-0.05, 0) is 17.7 Å². The lowest BCUT2D eigenvalue weighted by Gasteiger charge is -2.18. The van der Waals surface area contributed by atoms with E-state index in [2.05, 4.69) is 18.5 Å². The monoisotopic (exact) mass is 276 g/mol. The Bertz CT molecular complexity index is 473. The third-order valence-electron chi connectivity index (χ3n) is 2.36. The van der Waals surface area contributed by atoms with Crippen molar-refractivity contribution in [1.82, 2.24) is 10.2 Å². The summed E-state index contributed by atoms with van der Waals surface area (Å²) < 4.78 is 0. The molecule has 4 heteroatoms. The number of nitrogens with one attached hydrogen (secondary N) is 1. The van der Waals surface area contributed by atoms with Gasteiger partial charge in [0.15, 0.2) is 0 Å². The van der Waals surface area contributed by atoms with Crippen molar-refractivity contribution in [3.8, 4) is 0 Å². The molecule has 0 spiro atoms. The highest BCUT2D eigenvalue weighted by molar-refractivity contribution is 6.32. The van der Waals surface area contributed by atoms with Gasteiger partial charge in [0.25, 0.3) is 0 Å². The third kappa shape index (κ3) is 5.02. The average molecular weight is 277 g/mol. The van der Waals surface area contributed by atoms with Crippen molar-refractivity contribution >= 4 is 23.7 Å². The molecule has 3 nitrogen and oxygen atoms in total. The number of carbonyl (C=O) groups is 1. The Morgan fingerprint density at radius 1 is 1.26 bits per heavy atom. The molecule has 0 bridgehead atoms. The molecule has 0 saturated carbocycles. The van der Waals surface area contributed by atoms with E-state index in [1.807, 2.05) is 18.2 Å². The van der Waals surface area contributed by atoms with Gasteiger partial charge in [0.1, 0.15) is 0 Å². The summed E-state index contributed by atoms with van der Waals surface area (Å²) in [7, 11) is 0. The molecule has 100 valence electrons. The lowest BCUT2D eigenvalue weighted by Crippen LogP contribution is -2.37. The van der Waals surface area contributed by atoms with Crippen molar-refractivity contribution < 1.29 is 4.79 Å². The fourth-order valence-corrected chi connectivity index (χ4v) is 1.66. The number of urea groups is 1. The number of benzene rings is 1. The van der Waals surface area contributed by atoms with E-state index in [-0.39, 0.29) is 6.03 Å². The van der Waals surface area contributed by atoms with E-state index in [1.54, 1.807) is 35.4 Å². The number of carbonyl (C=O) groups excluding carboxylic acids is 1. The summed E-state index contributed by atoms with van der Waals surface area (Å²) in [5, 5.41) is 3.32. The minimum absolute atomic E-state index is 0.205. The maximum Gasteiger partial charge on any atom is 0.321 e. The predicted octanol–water partition coefficient (Wildman–Crippen LogP) is 3.69. The lowest BCUT2D eigenvalue weighted by molar-refractivity contribution is 0.212. The Morgan fingerprint density at radius 3 is 2.47 bits per heavy atom. The molecule has 0 atom stereocenters. The van der Waals surface area contributed by atoms with E-state index in [0.717, 1.165) is 5.56 Å². The fourth-order valence-electron chi connectivity index (χ4n) is 1.46. The molecule has 0 unspecified atom stereocenters. The van der Waals surface area contributed by atoms with E-state index in [0.29, 0.717) is 18.1 Å². The molecule has 19 heavy (non-hydrogen) atoms. The second kappa shape index (κ2) is 8.16. The minimum atomic E-state index is -0.205. The Morgan fingerprint density at radius 2 is 1.89 bits per heavy atom. The smallest absolute Gasteiger partial charge is 0.317 e. The van der Waals surface area contributed by atoms with E-state index in [9.17, 15) is 4.79 Å². The van der Waals surface area contributed by atoms with Crippen molar-refractivity contribution in [2.75, 3.05) is 13.1 Å². The Hall–Kier alpha value is -2.00. The zero-order valence-corrected chi connectivity index (χ0v) is 11.4. The van der Waals surface area contributed by atoms with Gasteiger partial charge < -0.3 is 10.2 Å². The van der Waals surface area contributed by atoms with Crippen LogP contribution in [0.5, 0.6) is 0 Å². The zero-order chi connectivity index (χ0) is 14.1. The van der Waals surface area contributed by atoms with Crippen LogP contribution in [0.15, 0.2) is 55.8 Å². The SMILES string of the molecule is C=CCN(CC=C)C(=O)N/C=C/c1ccccc1Cl. The van der Waals surface area contributed by atoms with Gasteiger partial charge in [-0.3, -0.25) is 0 Å². The van der Waals surface area contributed by atoms with Gasteiger partial charge in [-0.1, -0.05) is 42.0 Å². The molecule has 0 heterocycles. The number of hydrogen-bond donors (Lipinski definition) is 1. The van der Waals surface area contributed by atoms with Crippen LogP contribution in [-0.2, 0) is 0 Å². The standard InChI is InChI=1S/C15H17ClN2O/c1-3-11-18(12-4-2)15(19)17-10-9-13-7-5-6-8-14(13)16/h3-10H,1-2,11-12H2,(H,17,19)/b10-9+. The second-order valence-electron chi connectivity index (χ2n) is 3.79. The first-order valence-electron chi connectivity index (χ1n) is 5.87. The molecule has 2 amide bonds. The summed E-state index contributed by atoms with van der Waals surface area (Å²) in [6, 6.07) is 7.20. The highest BCUT2D eigenvalue weighted by Crippen LogP contribution is 2.15. The summed E-state index contributed by atoms with van der Waals surface area (Å²) in [5.41, 5.74) is 0.850. The molecular formula is C15H17ClN2O. The van der Waals surface area contributed by atoms with Gasteiger partial charge in [0, 0.05) is 24.3 Å². The van der Waals surface area contributed by atoms with Gasteiger partial charge in [0.05, 0.1) is 0 Å². The molecular weight excluding hydrogens is 260 g/mol. The van der Waals surface area contributed by atoms with Crippen LogP contribution < -0.4 is 5.32 Å². The van der Waals surface area contributed by atoms with Crippen molar-refractivity contribution in [3.63, 3.8) is 0 Å². The predicted molar refractivity (Wildman–Crippen MR) is 81.0 cm³/mol. The molecule has 0 radical (unpaired) electrons. The molecule has 0 fully saturated rings. The number of nitrogens with zero attached hydrogens (tertiary/aromatic N) is 1. The van der Waals surface area contributed by atoms with Crippen LogP contribution >= 0.6 is 11.6 Å². The van der Waals surface area contributed by atoms with E-state index in [4.69, 9.17) is 11.6 Å². The van der Waals surface area contributed by atoms with Crippen LogP contribution in [0.3, 0.4) is 0 Å². The average Bonchev–Trinajstić information content (AvgIpc) is 2.40. The summed E-state index contributed by atoms with van der Waals surface area (Å²) in [4.78, 5) is 13.4. The van der Waals surface area contributed by atoms with Gasteiger partial charge in [-0.2, -0.15) is 0 Å². The van der Waals surface area contributed by atoms with E-state index < -0.39 is 0 Å². The van der Waals surface area contributed by atoms with Crippen LogP contribution in [0.1, 0.15) is 5.56 Å². The third-order valence-corrected chi connectivity index (χ3v) is 2.71. The van der Waals surface area contributed by atoms with Crippen molar-refractivity contribution in [2.45, 2.75) is 0 Å². The van der Waals surface area contributed by atoms with Crippen LogP contribution in [0.2, 0.25) is 5.02 Å². The van der Waals surface area contributed by atoms with Gasteiger partial charge in [0.2, 0.25) is 0 Å². The molecule has 1 aromatic rings. The van der Waals surface area contributed by atoms with Crippen molar-refractivity contribution in [1.29, 1.82) is 0 Å². The normalized spacial score (nSPS) is 10.2. The quantitative estimate of drug-likeness (QED) is 0.790. The van der Waals surface area contributed by atoms with E-state index in [1.165, 1.54) is 0 Å². The fraction of sp³-hybridized carbons (Fsp3) is 0.133. The summed E-state index contributed by atoms with van der Waals surface area (Å²) in [6.07, 6.45) is 6.66. The van der Waals surface area contributed by atoms with Crippen LogP contribution in [0, 0.1) is 0 Å². The molecule has 0 aliphatic rings. The second-order valence-corrected chi connectivity index (χ2v) is 4.19. The number of amides is 2. The largest absolute Gasteiger partial charge is 0.321 e. The molecule has 1 aromatic carbocycles. The molecule has 0 aliphatic carbocycles. The summed E-state index contributed by atoms with van der Waals surface area (Å²) >= 11 is 6.00. The Kier molecular flexibility index (Phi) is 6.47. The first-order valence-corrected chi connectivity index (χ1v) is 6.25. The highest BCUT2D eigenvalue weighted by Gasteiger charge is 2.07. The lowest BCUT2D eigenvalue weighted by atomic mass is 10.2. The van der Waals surface area contributed by atoms with Crippen molar-refractivity contribution in [3.05, 3.63) is 66.4 Å². The Balaban J connectivity index is 2.59. The maximum atomic E-state index is 11.8. The topological polar surface area (TPSA) is 32.3 Å². The van der Waals surface area contributed by atoms with Gasteiger partial charge in [-0.25, -0.2) is 4.79 Å². The molecule has 0 saturated heterocycles. The van der Waals surface area contributed by atoms with Crippen LogP contribution in [0.4, 0.5) is 4.79 Å². The highest BCUT2D eigenvalue weighted by atomic mass is 35.5. The number of rotatable bonds is 6. The maximum absolute atomic E-state index is 11.8. The van der Waals surface area contributed by atoms with Crippen LogP contribution in [0.25, 0.3) is 6.08 Å². The van der Waals surface area contributed by atoms with E-state index >= 15 is 0 Å². The van der Waals surface area contributed by atoms with Gasteiger partial charge in [-0.15, -0.1) is 13.2 Å². The molecule has 0 aromatic heterocycles. The molecule has 1 rings (SSSR count). The first-order chi connectivity index (χ1) is 9.19. The number of hydrogen-bond acceptors (Lipinski definition) is 1. The minimum Gasteiger partial charge on any atom is -0.317 e. The first kappa shape index (κ1) is 15.1. The molecule has 0 aliphatic heterocycles. The van der Waals surface area contributed by atoms with Crippen molar-refractivity contribution in [2.24, 2.45) is 0 Å². The van der Waals surface area contributed by atoms with Crippen LogP contribution in [-0.4, -0.2) is 24.0 Å². The number of halogens is 1. The zero-order valence-electron chi connectivity index (χ0n) is 10.7. The summed E-state index contributed by atoms with van der Waals surface area (Å²) in [6.45, 7) is 8.17. The van der Waals surface area contributed by atoms with Gasteiger partial charge >= 0.3 is 6.03 Å². The molecule has 1 N–H and O–H groups in total.